The molecule has 22 heavy (non-hydrogen) atoms. The van der Waals surface area contributed by atoms with Crippen LogP contribution in [-0.4, -0.2) is 20.4 Å². The first kappa shape index (κ1) is 12.3. The predicted octanol–water partition coefficient (Wildman–Crippen LogP) is 1.31. The van der Waals surface area contributed by atoms with E-state index in [9.17, 15) is 30.0 Å². The van der Waals surface area contributed by atoms with Gasteiger partial charge in [0, 0.05) is 21.5 Å². The van der Waals surface area contributed by atoms with E-state index in [1.807, 2.05) is 0 Å². The van der Waals surface area contributed by atoms with Crippen molar-refractivity contribution in [1.82, 2.24) is 0 Å². The average molecular weight is 302 g/mol. The maximum Gasteiger partial charge on any atom is 0.379 e. The maximum absolute atomic E-state index is 11.6. The molecule has 0 amide bonds. The van der Waals surface area contributed by atoms with Gasteiger partial charge in [0.25, 0.3) is 0 Å². The van der Waals surface area contributed by atoms with E-state index in [1.165, 1.54) is 0 Å². The Kier molecular flexibility index (Phi) is 2.02. The summed E-state index contributed by atoms with van der Waals surface area (Å²) in [5, 5.41) is 39.4. The number of hydrogen-bond acceptors (Lipinski definition) is 8. The van der Waals surface area contributed by atoms with Crippen molar-refractivity contribution < 1.29 is 29.3 Å². The fraction of sp³-hybridized carbons (Fsp3) is 0. The van der Waals surface area contributed by atoms with Gasteiger partial charge in [-0.05, 0) is 12.1 Å². The minimum absolute atomic E-state index is 0.0407. The van der Waals surface area contributed by atoms with Crippen molar-refractivity contribution in [1.29, 1.82) is 0 Å². The number of hydrogen-bond donors (Lipinski definition) is 4. The normalized spacial score (nSPS) is 11.8. The highest BCUT2D eigenvalue weighted by Crippen LogP contribution is 2.45. The molecule has 0 saturated carbocycles. The molecule has 0 spiro atoms. The molecule has 0 aliphatic rings. The number of rotatable bonds is 0. The van der Waals surface area contributed by atoms with Crippen molar-refractivity contribution in [3.8, 4) is 23.0 Å². The SMILES string of the molecule is O=c1oc2c(O)cc3c(O)c(=O)oc4c(O)cc(c1O)c2c34. The number of phenolic OH excluding ortho intramolecular Hbond substituents is 2. The van der Waals surface area contributed by atoms with E-state index in [-0.39, 0.29) is 32.7 Å². The van der Waals surface area contributed by atoms with E-state index in [4.69, 9.17) is 8.83 Å². The van der Waals surface area contributed by atoms with E-state index in [0.717, 1.165) is 12.1 Å². The molecule has 0 atom stereocenters. The van der Waals surface area contributed by atoms with E-state index >= 15 is 0 Å². The molecule has 4 N–H and O–H groups in total. The summed E-state index contributed by atoms with van der Waals surface area (Å²) >= 11 is 0. The largest absolute Gasteiger partial charge is 0.504 e. The molecular formula is C14H6O8. The minimum Gasteiger partial charge on any atom is -0.504 e. The Hall–Kier alpha value is -3.42. The summed E-state index contributed by atoms with van der Waals surface area (Å²) in [6.07, 6.45) is 0. The Morgan fingerprint density at radius 2 is 1.05 bits per heavy atom. The van der Waals surface area contributed by atoms with Crippen molar-refractivity contribution in [2.75, 3.05) is 0 Å². The standard InChI is InChI=1S/C14H6O8/c15-5-1-3-7-8-4(10(18)14(20)21-11(5)8)2-6(16)12(7)22-13(19)9(3)17/h1-2,15-18H. The third-order valence-electron chi connectivity index (χ3n) is 3.56. The van der Waals surface area contributed by atoms with Crippen LogP contribution >= 0.6 is 0 Å². The highest BCUT2D eigenvalue weighted by atomic mass is 16.4. The van der Waals surface area contributed by atoms with Crippen LogP contribution in [0.5, 0.6) is 23.0 Å². The first-order chi connectivity index (χ1) is 10.4. The van der Waals surface area contributed by atoms with Gasteiger partial charge in [-0.15, -0.1) is 0 Å². The Morgan fingerprint density at radius 3 is 1.41 bits per heavy atom. The molecule has 2 aromatic carbocycles. The quantitative estimate of drug-likeness (QED) is 0.281. The lowest BCUT2D eigenvalue weighted by molar-refractivity contribution is 0.415. The van der Waals surface area contributed by atoms with Gasteiger partial charge in [0.15, 0.2) is 22.7 Å². The van der Waals surface area contributed by atoms with Crippen LogP contribution in [0.25, 0.3) is 32.7 Å². The molecule has 2 aromatic heterocycles. The first-order valence-corrected chi connectivity index (χ1v) is 6.02. The molecule has 0 aliphatic carbocycles. The molecule has 0 fully saturated rings. The molecular weight excluding hydrogens is 296 g/mol. The summed E-state index contributed by atoms with van der Waals surface area (Å²) in [5.41, 5.74) is -2.73. The molecule has 2 heterocycles. The van der Waals surface area contributed by atoms with Crippen molar-refractivity contribution in [2.24, 2.45) is 0 Å². The van der Waals surface area contributed by atoms with E-state index < -0.39 is 34.2 Å². The molecule has 0 saturated heterocycles. The second kappa shape index (κ2) is 3.61. The van der Waals surface area contributed by atoms with Crippen LogP contribution in [0.3, 0.4) is 0 Å². The monoisotopic (exact) mass is 302 g/mol. The van der Waals surface area contributed by atoms with Gasteiger partial charge in [0.05, 0.1) is 0 Å². The Labute approximate surface area is 119 Å². The smallest absolute Gasteiger partial charge is 0.379 e. The predicted molar refractivity (Wildman–Crippen MR) is 73.9 cm³/mol. The summed E-state index contributed by atoms with van der Waals surface area (Å²) in [6, 6.07) is 2.02. The van der Waals surface area contributed by atoms with E-state index in [1.54, 1.807) is 0 Å². The van der Waals surface area contributed by atoms with Crippen molar-refractivity contribution in [2.45, 2.75) is 0 Å². The molecule has 4 aromatic rings. The van der Waals surface area contributed by atoms with Gasteiger partial charge in [-0.1, -0.05) is 0 Å². The fourth-order valence-corrected chi connectivity index (χ4v) is 2.63. The fourth-order valence-electron chi connectivity index (χ4n) is 2.63. The van der Waals surface area contributed by atoms with Crippen molar-refractivity contribution in [3.05, 3.63) is 33.0 Å². The number of benzene rings is 2. The molecule has 0 unspecified atom stereocenters. The van der Waals surface area contributed by atoms with E-state index in [0.29, 0.717) is 0 Å². The van der Waals surface area contributed by atoms with Gasteiger partial charge in [-0.25, -0.2) is 9.59 Å². The Balaban J connectivity index is 2.55. The lowest BCUT2D eigenvalue weighted by atomic mass is 9.99. The van der Waals surface area contributed by atoms with Crippen LogP contribution in [0.4, 0.5) is 0 Å². The molecule has 0 radical (unpaired) electrons. The van der Waals surface area contributed by atoms with Crippen molar-refractivity contribution in [3.63, 3.8) is 0 Å². The average Bonchev–Trinajstić information content (AvgIpc) is 2.47. The summed E-state index contributed by atoms with van der Waals surface area (Å²) in [4.78, 5) is 23.2. The Bertz CT molecular complexity index is 1100. The highest BCUT2D eigenvalue weighted by Gasteiger charge is 2.24. The van der Waals surface area contributed by atoms with Crippen LogP contribution in [-0.2, 0) is 0 Å². The zero-order valence-electron chi connectivity index (χ0n) is 10.6. The second-order valence-electron chi connectivity index (χ2n) is 4.77. The summed E-state index contributed by atoms with van der Waals surface area (Å²) < 4.78 is 9.68. The lowest BCUT2D eigenvalue weighted by Crippen LogP contribution is -2.03. The van der Waals surface area contributed by atoms with E-state index in [2.05, 4.69) is 0 Å². The molecule has 110 valence electrons. The first-order valence-electron chi connectivity index (χ1n) is 6.02. The van der Waals surface area contributed by atoms with Gasteiger partial charge in [-0.2, -0.15) is 0 Å². The molecule has 0 bridgehead atoms. The third-order valence-corrected chi connectivity index (χ3v) is 3.56. The molecule has 0 aliphatic heterocycles. The van der Waals surface area contributed by atoms with Crippen LogP contribution in [0.2, 0.25) is 0 Å². The highest BCUT2D eigenvalue weighted by molar-refractivity contribution is 6.25. The van der Waals surface area contributed by atoms with Crippen LogP contribution in [0.15, 0.2) is 30.6 Å². The second-order valence-corrected chi connectivity index (χ2v) is 4.77. The van der Waals surface area contributed by atoms with Gasteiger partial charge >= 0.3 is 11.3 Å². The third kappa shape index (κ3) is 1.26. The Morgan fingerprint density at radius 1 is 0.682 bits per heavy atom. The molecule has 8 heteroatoms. The minimum atomic E-state index is -1.11. The lowest BCUT2D eigenvalue weighted by Gasteiger charge is -2.12. The van der Waals surface area contributed by atoms with Crippen LogP contribution in [0.1, 0.15) is 0 Å². The zero-order chi connectivity index (χ0) is 15.8. The van der Waals surface area contributed by atoms with Crippen molar-refractivity contribution >= 4 is 32.7 Å². The number of phenols is 2. The molecule has 8 nitrogen and oxygen atoms in total. The summed E-state index contributed by atoms with van der Waals surface area (Å²) in [6.45, 7) is 0. The topological polar surface area (TPSA) is 141 Å². The van der Waals surface area contributed by atoms with Gasteiger partial charge in [-0.3, -0.25) is 0 Å². The van der Waals surface area contributed by atoms with Crippen LogP contribution in [0, 0.1) is 0 Å². The summed E-state index contributed by atoms with van der Waals surface area (Å²) in [5.74, 6) is -2.57. The number of aromatic hydroxyl groups is 4. The van der Waals surface area contributed by atoms with Gasteiger partial charge < -0.3 is 29.3 Å². The summed E-state index contributed by atoms with van der Waals surface area (Å²) in [7, 11) is 0. The maximum atomic E-state index is 11.6. The molecule has 4 rings (SSSR count). The van der Waals surface area contributed by atoms with Crippen LogP contribution < -0.4 is 11.3 Å². The van der Waals surface area contributed by atoms with Gasteiger partial charge in [0.1, 0.15) is 0 Å². The van der Waals surface area contributed by atoms with Gasteiger partial charge in [0.2, 0.25) is 11.5 Å². The zero-order valence-corrected chi connectivity index (χ0v) is 10.6.